The number of hydrogen-bond acceptors (Lipinski definition) is 18. The fourth-order valence-corrected chi connectivity index (χ4v) is 6.44. The number of ether oxygens (including phenoxy) is 1. The first kappa shape index (κ1) is 54.2. The number of Topliss-reactive ketones (excluding diaryl/α,β-unsaturated/α-hetero) is 1. The van der Waals surface area contributed by atoms with E-state index in [0.717, 1.165) is 5.92 Å². The summed E-state index contributed by atoms with van der Waals surface area (Å²) in [5.74, 6) is 3.69. The third-order valence-electron chi connectivity index (χ3n) is 9.66. The van der Waals surface area contributed by atoms with Crippen molar-refractivity contribution in [2.45, 2.75) is 128 Å². The van der Waals surface area contributed by atoms with Crippen LogP contribution in [0.3, 0.4) is 0 Å². The Labute approximate surface area is 412 Å². The maximum atomic E-state index is 11.5. The van der Waals surface area contributed by atoms with Gasteiger partial charge in [0.25, 0.3) is 22.6 Å². The maximum Gasteiger partial charge on any atom is 0.281 e. The van der Waals surface area contributed by atoms with Gasteiger partial charge in [-0.2, -0.15) is 9.97 Å². The summed E-state index contributed by atoms with van der Waals surface area (Å²) in [6.07, 6.45) is 15.6. The van der Waals surface area contributed by atoms with E-state index in [9.17, 15) is 19.2 Å². The number of ketones is 1. The Morgan fingerprint density at radius 3 is 1.75 bits per heavy atom. The van der Waals surface area contributed by atoms with Gasteiger partial charge in [0, 0.05) is 30.8 Å². The van der Waals surface area contributed by atoms with Crippen LogP contribution in [0.15, 0.2) is 44.7 Å². The number of carbonyl (C=O) groups excluding carboxylic acids is 1. The molecule has 10 rings (SSSR count). The Morgan fingerprint density at radius 1 is 0.639 bits per heavy atom. The van der Waals surface area contributed by atoms with Gasteiger partial charge in [-0.1, -0.05) is 32.4 Å². The summed E-state index contributed by atoms with van der Waals surface area (Å²) in [7, 11) is 0. The molecule has 10 heterocycles. The van der Waals surface area contributed by atoms with Crippen LogP contribution >= 0.6 is 0 Å². The second-order valence-corrected chi connectivity index (χ2v) is 17.9. The summed E-state index contributed by atoms with van der Waals surface area (Å²) in [4.78, 5) is 96.6. The molecule has 72 heavy (non-hydrogen) atoms. The minimum atomic E-state index is -0.237. The van der Waals surface area contributed by atoms with Gasteiger partial charge in [-0.3, -0.25) is 19.2 Å². The predicted octanol–water partition coefficient (Wildman–Crippen LogP) is 5.74. The zero-order valence-electron chi connectivity index (χ0n) is 42.8. The van der Waals surface area contributed by atoms with Gasteiger partial charge in [0.05, 0.1) is 31.4 Å². The highest BCUT2D eigenvalue weighted by molar-refractivity contribution is 6.08. The van der Waals surface area contributed by atoms with E-state index >= 15 is 0 Å². The lowest BCUT2D eigenvalue weighted by Crippen LogP contribution is -2.11. The first-order valence-electron chi connectivity index (χ1n) is 22.9. The molecule has 6 N–H and O–H groups in total. The van der Waals surface area contributed by atoms with Crippen molar-refractivity contribution in [2.75, 3.05) is 5.73 Å². The van der Waals surface area contributed by atoms with Gasteiger partial charge in [0.2, 0.25) is 5.95 Å². The number of aromatic amines is 4. The molecule has 0 fully saturated rings. The van der Waals surface area contributed by atoms with Crippen molar-refractivity contribution in [3.63, 3.8) is 0 Å². The van der Waals surface area contributed by atoms with Crippen molar-refractivity contribution in [1.82, 2.24) is 93.5 Å². The van der Waals surface area contributed by atoms with Gasteiger partial charge >= 0.3 is 0 Å². The number of aliphatic imine (C=N–C) groups is 1. The third kappa shape index (κ3) is 13.1. The van der Waals surface area contributed by atoms with Gasteiger partial charge in [-0.25, -0.2) is 44.6 Å². The Balaban J connectivity index is 0.000000165. The van der Waals surface area contributed by atoms with E-state index in [1.807, 2.05) is 75.2 Å². The molecular formula is C46H61N21O5. The van der Waals surface area contributed by atoms with Crippen LogP contribution in [0.4, 0.5) is 11.8 Å². The van der Waals surface area contributed by atoms with E-state index in [4.69, 9.17) is 16.9 Å². The molecule has 0 saturated carbocycles. The molecule has 1 aliphatic heterocycles. The molecule has 26 nitrogen and oxygen atoms in total. The molecule has 9 aromatic heterocycles. The molecule has 0 saturated heterocycles. The smallest absolute Gasteiger partial charge is 0.281 e. The molecule has 0 amide bonds. The molecule has 1 aliphatic rings. The molecule has 0 aliphatic carbocycles. The van der Waals surface area contributed by atoms with Crippen LogP contribution < -0.4 is 27.1 Å². The van der Waals surface area contributed by atoms with E-state index in [1.165, 1.54) is 6.33 Å². The highest BCUT2D eigenvalue weighted by Gasteiger charge is 2.21. The summed E-state index contributed by atoms with van der Waals surface area (Å²) in [6, 6.07) is 0.916. The number of rotatable bonds is 5. The number of fused-ring (bicyclic) bond motifs is 5. The molecule has 9 aromatic rings. The van der Waals surface area contributed by atoms with Crippen LogP contribution in [0.2, 0.25) is 0 Å². The number of aromatic nitrogens is 19. The van der Waals surface area contributed by atoms with Crippen molar-refractivity contribution in [3.8, 4) is 18.4 Å². The zero-order chi connectivity index (χ0) is 53.1. The number of H-pyrrole nitrogens is 4. The Morgan fingerprint density at radius 2 is 1.17 bits per heavy atom. The van der Waals surface area contributed by atoms with E-state index in [-0.39, 0.29) is 52.4 Å². The summed E-state index contributed by atoms with van der Waals surface area (Å²) >= 11 is 0. The maximum absolute atomic E-state index is 11.5. The lowest BCUT2D eigenvalue weighted by Gasteiger charge is -2.10. The van der Waals surface area contributed by atoms with Crippen LogP contribution in [-0.2, 0) is 0 Å². The number of imidazole rings is 4. The lowest BCUT2D eigenvalue weighted by atomic mass is 10.2. The number of nitrogen functional groups attached to an aromatic ring is 1. The number of nitrogens with one attached hydrogen (secondary N) is 4. The summed E-state index contributed by atoms with van der Waals surface area (Å²) < 4.78 is 12.2. The summed E-state index contributed by atoms with van der Waals surface area (Å²) in [5, 5.41) is 7.67. The van der Waals surface area contributed by atoms with Gasteiger partial charge in [0.15, 0.2) is 62.0 Å². The van der Waals surface area contributed by atoms with Gasteiger partial charge in [-0.05, 0) is 82.1 Å². The quantitative estimate of drug-likeness (QED) is 0.128. The van der Waals surface area contributed by atoms with Crippen molar-refractivity contribution in [1.29, 1.82) is 0 Å². The number of carbonyl (C=O) groups is 1. The van der Waals surface area contributed by atoms with Crippen molar-refractivity contribution in [2.24, 2.45) is 10.9 Å². The molecule has 0 spiro atoms. The standard InChI is InChI=1S/C10H11N5O.C9H12N4O.C9H11N3O.C8H11N5O.C6H6N4O.C4H10/c1-4-16-9-7-8(13-10(11)14-9)15(5-12-7)6(2)3;1-5(2)13-4-10-7-8(13)11-6(3)12-9(7)14;1-6(2)12-5-11-8-7(13)3-4-10-9(8)12;1-4(2)13-7-6(11-12-13)8(14)10-5(3)9-7;1-3-9-5-4(6(11)10-3)7-2-8-5;1-4(2)3/h1,5-6H,2-3H3,(H2,11,13,14);4-5H,1-3H3,(H,11,12,14);4-6H,3H2,1-2H3;4H,1-3H3,(H,9,10,14);2H,1H3,(H2,7,8,9,10,11);4H,1-3H3. The molecule has 0 atom stereocenters. The molecule has 0 unspecified atom stereocenters. The van der Waals surface area contributed by atoms with Crippen LogP contribution in [0.5, 0.6) is 5.88 Å². The van der Waals surface area contributed by atoms with E-state index in [1.54, 1.807) is 50.6 Å². The first-order chi connectivity index (χ1) is 34.0. The minimum absolute atomic E-state index is 0.0596. The van der Waals surface area contributed by atoms with E-state index < -0.39 is 0 Å². The zero-order valence-corrected chi connectivity index (χ0v) is 42.8. The summed E-state index contributed by atoms with van der Waals surface area (Å²) in [6.45, 7) is 27.8. The van der Waals surface area contributed by atoms with Crippen molar-refractivity contribution >= 4 is 68.4 Å². The Hall–Kier alpha value is -8.76. The minimum Gasteiger partial charge on any atom is -0.385 e. The number of nitrogens with zero attached hydrogens (tertiary/aromatic N) is 16. The van der Waals surface area contributed by atoms with Crippen LogP contribution in [0.1, 0.15) is 135 Å². The fraction of sp³-hybridized carbons (Fsp3) is 0.435. The largest absolute Gasteiger partial charge is 0.385 e. The number of hydrogen-bond donors (Lipinski definition) is 5. The second kappa shape index (κ2) is 23.7. The summed E-state index contributed by atoms with van der Waals surface area (Å²) in [5.41, 5.74) is 9.42. The van der Waals surface area contributed by atoms with Gasteiger partial charge < -0.3 is 44.1 Å². The van der Waals surface area contributed by atoms with Gasteiger partial charge in [-0.15, -0.1) is 5.10 Å². The highest BCUT2D eigenvalue weighted by atomic mass is 16.5. The van der Waals surface area contributed by atoms with Crippen molar-refractivity contribution < 1.29 is 9.53 Å². The van der Waals surface area contributed by atoms with Crippen LogP contribution in [-0.4, -0.2) is 105 Å². The second-order valence-electron chi connectivity index (χ2n) is 17.9. The van der Waals surface area contributed by atoms with E-state index in [0.29, 0.717) is 86.1 Å². The molecule has 26 heteroatoms. The first-order valence-corrected chi connectivity index (χ1v) is 22.9. The number of nitrogens with two attached hydrogens (primary N) is 1. The van der Waals surface area contributed by atoms with E-state index in [2.05, 4.69) is 101 Å². The monoisotopic (exact) mass is 988 g/mol. The molecule has 0 radical (unpaired) electrons. The van der Waals surface area contributed by atoms with Crippen LogP contribution in [0, 0.1) is 39.2 Å². The fourth-order valence-electron chi connectivity index (χ4n) is 6.44. The third-order valence-corrected chi connectivity index (χ3v) is 9.66. The molecule has 0 aromatic carbocycles. The van der Waals surface area contributed by atoms with Gasteiger partial charge in [0.1, 0.15) is 23.6 Å². The average molecular weight is 988 g/mol. The van der Waals surface area contributed by atoms with Crippen LogP contribution in [0.25, 0.3) is 44.7 Å². The predicted molar refractivity (Wildman–Crippen MR) is 273 cm³/mol. The molecule has 380 valence electrons. The lowest BCUT2D eigenvalue weighted by molar-refractivity contribution is 0.0996. The highest BCUT2D eigenvalue weighted by Crippen LogP contribution is 2.26. The SMILES string of the molecule is C#COc1nc(N)nc2c1ncn2C(C)C.CC(C)C.CC(C)n1cnc2c1N=CCC2=O.Cc1nc2c(ncn2C(C)C)c(=O)[nH]1.Cc1nc2c(nnn2C(C)C)c(=O)[nH]1.Cc1nc2nc[nH]c2c(=O)[nH]1. The number of aryl methyl sites for hydroxylation is 3. The molecular weight excluding hydrogens is 927 g/mol. The number of anilines is 1. The topological polar surface area (TPSA) is 341 Å². The Kier molecular flexibility index (Phi) is 17.8. The average Bonchev–Trinajstić information content (AvgIpc) is 4.14. The van der Waals surface area contributed by atoms with Crippen molar-refractivity contribution in [3.05, 3.63) is 79.5 Å². The number of terminal acetylenes is 1. The normalized spacial score (nSPS) is 11.7. The molecule has 0 bridgehead atoms. The Bertz CT molecular complexity index is 3450.